The number of aromatic nitrogens is 2. The van der Waals surface area contributed by atoms with Gasteiger partial charge in [-0.15, -0.1) is 0 Å². The Bertz CT molecular complexity index is 1060. The molecule has 0 radical (unpaired) electrons. The topological polar surface area (TPSA) is 64.4 Å². The first-order chi connectivity index (χ1) is 14.5. The summed E-state index contributed by atoms with van der Waals surface area (Å²) in [5.74, 6) is -0.193. The fourth-order valence-electron chi connectivity index (χ4n) is 3.76. The number of rotatable bonds is 8. The number of benzene rings is 2. The van der Waals surface area contributed by atoms with Crippen molar-refractivity contribution in [2.45, 2.75) is 39.3 Å². The highest BCUT2D eigenvalue weighted by atomic mass is 16.5. The molecule has 0 saturated carbocycles. The van der Waals surface area contributed by atoms with Crippen LogP contribution in [0.15, 0.2) is 59.4 Å². The highest BCUT2D eigenvalue weighted by molar-refractivity contribution is 6.04. The molecule has 1 heterocycles. The molecular weight excluding hydrogens is 378 g/mol. The first-order valence-corrected chi connectivity index (χ1v) is 10.3. The van der Waals surface area contributed by atoms with Crippen LogP contribution in [0.5, 0.6) is 0 Å². The molecule has 2 aromatic carbocycles. The molecule has 6 heteroatoms. The third-order valence-electron chi connectivity index (χ3n) is 5.24. The second-order valence-corrected chi connectivity index (χ2v) is 7.63. The number of fused-ring (bicyclic) bond motifs is 1. The minimum absolute atomic E-state index is 0.144. The Labute approximate surface area is 177 Å². The lowest BCUT2D eigenvalue weighted by Crippen LogP contribution is -2.45. The summed E-state index contributed by atoms with van der Waals surface area (Å²) in [6.45, 7) is 6.65. The van der Waals surface area contributed by atoms with Gasteiger partial charge in [0.05, 0.1) is 24.1 Å². The Morgan fingerprint density at radius 1 is 1.07 bits per heavy atom. The summed E-state index contributed by atoms with van der Waals surface area (Å²) in [5, 5.41) is 5.58. The molecule has 1 aromatic heterocycles. The number of likely N-dealkylation sites (N-methyl/N-ethyl adjacent to an activating group) is 1. The fraction of sp³-hybridized carbons (Fsp3) is 0.375. The molecule has 158 valence electrons. The monoisotopic (exact) mass is 407 g/mol. The second kappa shape index (κ2) is 9.67. The van der Waals surface area contributed by atoms with Crippen molar-refractivity contribution >= 4 is 16.7 Å². The number of amides is 1. The van der Waals surface area contributed by atoms with Gasteiger partial charge in [-0.3, -0.25) is 9.59 Å². The van der Waals surface area contributed by atoms with E-state index in [-0.39, 0.29) is 23.6 Å². The van der Waals surface area contributed by atoms with Crippen LogP contribution in [0.3, 0.4) is 0 Å². The van der Waals surface area contributed by atoms with Crippen LogP contribution in [-0.2, 0) is 11.2 Å². The number of hydrogen-bond acceptors (Lipinski definition) is 4. The quantitative estimate of drug-likeness (QED) is 0.571. The first kappa shape index (κ1) is 21.7. The zero-order valence-electron chi connectivity index (χ0n) is 18.0. The van der Waals surface area contributed by atoms with Gasteiger partial charge in [-0.05, 0) is 38.8 Å². The maximum absolute atomic E-state index is 13.7. The van der Waals surface area contributed by atoms with Gasteiger partial charge in [0.15, 0.2) is 5.69 Å². The van der Waals surface area contributed by atoms with Crippen LogP contribution in [0.25, 0.3) is 10.8 Å². The van der Waals surface area contributed by atoms with E-state index in [0.29, 0.717) is 36.0 Å². The van der Waals surface area contributed by atoms with Crippen LogP contribution in [0.4, 0.5) is 0 Å². The van der Waals surface area contributed by atoms with Gasteiger partial charge in [0, 0.05) is 19.0 Å². The molecule has 0 aliphatic carbocycles. The van der Waals surface area contributed by atoms with Crippen molar-refractivity contribution in [1.29, 1.82) is 0 Å². The summed E-state index contributed by atoms with van der Waals surface area (Å²) in [5.41, 5.74) is 1.25. The van der Waals surface area contributed by atoms with Gasteiger partial charge in [-0.2, -0.15) is 5.10 Å². The Hall–Kier alpha value is -2.99. The van der Waals surface area contributed by atoms with Gasteiger partial charge in [-0.25, -0.2) is 4.68 Å². The largest absolute Gasteiger partial charge is 0.383 e. The molecule has 0 bridgehead atoms. The standard InChI is InChI=1S/C24H29N3O3/c1-5-26(19(16-30-4)15-18-11-7-6-8-12-18)24(29)22-20-13-9-10-14-21(20)23(28)27(25-22)17(2)3/h6-14,17,19H,5,15-16H2,1-4H3. The summed E-state index contributed by atoms with van der Waals surface area (Å²) < 4.78 is 6.84. The third kappa shape index (κ3) is 4.44. The fourth-order valence-corrected chi connectivity index (χ4v) is 3.76. The average molecular weight is 408 g/mol. The zero-order valence-corrected chi connectivity index (χ0v) is 18.0. The maximum Gasteiger partial charge on any atom is 0.275 e. The maximum atomic E-state index is 13.7. The summed E-state index contributed by atoms with van der Waals surface area (Å²) in [6, 6.07) is 16.9. The van der Waals surface area contributed by atoms with Crippen LogP contribution in [0.2, 0.25) is 0 Å². The number of carbonyl (C=O) groups excluding carboxylic acids is 1. The normalized spacial score (nSPS) is 12.3. The van der Waals surface area contributed by atoms with E-state index in [1.807, 2.05) is 63.2 Å². The van der Waals surface area contributed by atoms with Crippen molar-refractivity contribution in [1.82, 2.24) is 14.7 Å². The van der Waals surface area contributed by atoms with Gasteiger partial charge < -0.3 is 9.64 Å². The van der Waals surface area contributed by atoms with E-state index >= 15 is 0 Å². The number of methoxy groups -OCH3 is 1. The Balaban J connectivity index is 2.07. The summed E-state index contributed by atoms with van der Waals surface area (Å²) in [7, 11) is 1.64. The molecule has 30 heavy (non-hydrogen) atoms. The second-order valence-electron chi connectivity index (χ2n) is 7.63. The number of carbonyl (C=O) groups is 1. The van der Waals surface area contributed by atoms with Gasteiger partial charge >= 0.3 is 0 Å². The molecule has 3 rings (SSSR count). The lowest BCUT2D eigenvalue weighted by atomic mass is 10.0. The van der Waals surface area contributed by atoms with Crippen molar-refractivity contribution in [3.63, 3.8) is 0 Å². The number of ether oxygens (including phenoxy) is 1. The molecule has 0 fully saturated rings. The molecule has 0 N–H and O–H groups in total. The van der Waals surface area contributed by atoms with Crippen LogP contribution < -0.4 is 5.56 Å². The first-order valence-electron chi connectivity index (χ1n) is 10.3. The van der Waals surface area contributed by atoms with Crippen molar-refractivity contribution < 1.29 is 9.53 Å². The lowest BCUT2D eigenvalue weighted by molar-refractivity contribution is 0.0540. The lowest BCUT2D eigenvalue weighted by Gasteiger charge is -2.31. The van der Waals surface area contributed by atoms with Crippen LogP contribution in [-0.4, -0.2) is 46.9 Å². The van der Waals surface area contributed by atoms with E-state index in [0.717, 1.165) is 5.56 Å². The highest BCUT2D eigenvalue weighted by Gasteiger charge is 2.27. The Morgan fingerprint density at radius 2 is 1.70 bits per heavy atom. The molecule has 0 aliphatic rings. The Morgan fingerprint density at radius 3 is 2.30 bits per heavy atom. The van der Waals surface area contributed by atoms with Gasteiger partial charge in [0.2, 0.25) is 0 Å². The summed E-state index contributed by atoms with van der Waals surface area (Å²) in [4.78, 5) is 28.3. The smallest absolute Gasteiger partial charge is 0.275 e. The third-order valence-corrected chi connectivity index (χ3v) is 5.24. The SMILES string of the molecule is CCN(C(=O)c1nn(C(C)C)c(=O)c2ccccc12)C(COC)Cc1ccccc1. The highest BCUT2D eigenvalue weighted by Crippen LogP contribution is 2.19. The van der Waals surface area contributed by atoms with Gasteiger partial charge in [0.1, 0.15) is 0 Å². The van der Waals surface area contributed by atoms with E-state index in [4.69, 9.17) is 4.74 Å². The van der Waals surface area contributed by atoms with Gasteiger partial charge in [0.25, 0.3) is 11.5 Å². The van der Waals surface area contributed by atoms with Crippen molar-refractivity contribution in [3.8, 4) is 0 Å². The predicted octanol–water partition coefficient (Wildman–Crippen LogP) is 3.70. The van der Waals surface area contributed by atoms with E-state index in [1.165, 1.54) is 4.68 Å². The molecule has 1 unspecified atom stereocenters. The van der Waals surface area contributed by atoms with Crippen LogP contribution in [0, 0.1) is 0 Å². The molecule has 1 amide bonds. The van der Waals surface area contributed by atoms with Crippen molar-refractivity contribution in [2.24, 2.45) is 0 Å². The average Bonchev–Trinajstić information content (AvgIpc) is 2.75. The number of nitrogens with zero attached hydrogens (tertiary/aromatic N) is 3. The van der Waals surface area contributed by atoms with E-state index in [2.05, 4.69) is 5.10 Å². The predicted molar refractivity (Wildman–Crippen MR) is 119 cm³/mol. The minimum Gasteiger partial charge on any atom is -0.383 e. The van der Waals surface area contributed by atoms with Crippen LogP contribution in [0.1, 0.15) is 42.9 Å². The number of hydrogen-bond donors (Lipinski definition) is 0. The minimum atomic E-state index is -0.193. The van der Waals surface area contributed by atoms with Crippen LogP contribution >= 0.6 is 0 Å². The molecule has 0 aliphatic heterocycles. The molecule has 6 nitrogen and oxygen atoms in total. The molecular formula is C24H29N3O3. The van der Waals surface area contributed by atoms with Crippen molar-refractivity contribution in [3.05, 3.63) is 76.2 Å². The molecule has 3 aromatic rings. The zero-order chi connectivity index (χ0) is 21.7. The van der Waals surface area contributed by atoms with E-state index in [1.54, 1.807) is 24.1 Å². The molecule has 0 saturated heterocycles. The van der Waals surface area contributed by atoms with Gasteiger partial charge in [-0.1, -0.05) is 48.5 Å². The molecule has 0 spiro atoms. The van der Waals surface area contributed by atoms with E-state index in [9.17, 15) is 9.59 Å². The van der Waals surface area contributed by atoms with E-state index < -0.39 is 0 Å². The van der Waals surface area contributed by atoms with Crippen molar-refractivity contribution in [2.75, 3.05) is 20.3 Å². The summed E-state index contributed by atoms with van der Waals surface area (Å²) >= 11 is 0. The Kier molecular flexibility index (Phi) is 7.00. The summed E-state index contributed by atoms with van der Waals surface area (Å²) in [6.07, 6.45) is 0.677. The molecule has 1 atom stereocenters.